The number of aliphatic carboxylic acids is 1. The Balaban J connectivity index is 2.56. The lowest BCUT2D eigenvalue weighted by Crippen LogP contribution is -2.26. The molecule has 21 heavy (non-hydrogen) atoms. The predicted molar refractivity (Wildman–Crippen MR) is 87.1 cm³/mol. The van der Waals surface area contributed by atoms with Crippen molar-refractivity contribution >= 4 is 28.8 Å². The second-order valence-electron chi connectivity index (χ2n) is 5.97. The van der Waals surface area contributed by atoms with E-state index < -0.39 is 5.97 Å². The summed E-state index contributed by atoms with van der Waals surface area (Å²) in [5.74, 6) is -0.784. The van der Waals surface area contributed by atoms with Crippen LogP contribution in [-0.4, -0.2) is 26.4 Å². The van der Waals surface area contributed by atoms with Crippen molar-refractivity contribution in [2.24, 2.45) is 0 Å². The van der Waals surface area contributed by atoms with Crippen LogP contribution in [-0.2, 0) is 10.3 Å². The number of thioether (sulfide) groups is 1. The normalized spacial score (nSPS) is 12.0. The van der Waals surface area contributed by atoms with Gasteiger partial charge >= 0.3 is 5.97 Å². The first kappa shape index (κ1) is 15.9. The maximum atomic E-state index is 10.9. The van der Waals surface area contributed by atoms with Crippen LogP contribution >= 0.6 is 11.8 Å². The van der Waals surface area contributed by atoms with Crippen molar-refractivity contribution in [3.05, 3.63) is 23.8 Å². The summed E-state index contributed by atoms with van der Waals surface area (Å²) in [5, 5.41) is 9.72. The van der Waals surface area contributed by atoms with Gasteiger partial charge in [-0.3, -0.25) is 4.79 Å². The zero-order valence-electron chi connectivity index (χ0n) is 13.0. The van der Waals surface area contributed by atoms with Crippen LogP contribution in [0, 0.1) is 6.92 Å². The van der Waals surface area contributed by atoms with Crippen molar-refractivity contribution in [1.82, 2.24) is 9.55 Å². The van der Waals surface area contributed by atoms with E-state index in [0.29, 0.717) is 0 Å². The van der Waals surface area contributed by atoms with Crippen LogP contribution in [0.1, 0.15) is 39.2 Å². The number of nitrogens with zero attached hydrogens (tertiary/aromatic N) is 2. The maximum Gasteiger partial charge on any atom is 0.313 e. The lowest BCUT2D eigenvalue weighted by atomic mass is 9.98. The molecule has 1 N–H and O–H groups in total. The van der Waals surface area contributed by atoms with Gasteiger partial charge in [-0.2, -0.15) is 0 Å². The molecule has 0 radical (unpaired) electrons. The first-order valence-corrected chi connectivity index (χ1v) is 8.18. The minimum absolute atomic E-state index is 0.0323. The van der Waals surface area contributed by atoms with Gasteiger partial charge < -0.3 is 9.67 Å². The lowest BCUT2D eigenvalue weighted by Gasteiger charge is -2.28. The summed E-state index contributed by atoms with van der Waals surface area (Å²) in [7, 11) is 0. The molecule has 2 aromatic rings. The quantitative estimate of drug-likeness (QED) is 0.818. The first-order valence-electron chi connectivity index (χ1n) is 7.19. The molecule has 0 aliphatic rings. The van der Waals surface area contributed by atoms with E-state index in [1.54, 1.807) is 0 Å². The minimum Gasteiger partial charge on any atom is -0.481 e. The molecule has 2 rings (SSSR count). The summed E-state index contributed by atoms with van der Waals surface area (Å²) in [4.78, 5) is 15.5. The first-order chi connectivity index (χ1) is 9.85. The van der Waals surface area contributed by atoms with Crippen molar-refractivity contribution in [3.63, 3.8) is 0 Å². The summed E-state index contributed by atoms with van der Waals surface area (Å²) >= 11 is 1.29. The average molecular weight is 306 g/mol. The van der Waals surface area contributed by atoms with E-state index in [4.69, 9.17) is 5.11 Å². The molecule has 0 atom stereocenters. The number of aryl methyl sites for hydroxylation is 1. The molecule has 5 heteroatoms. The summed E-state index contributed by atoms with van der Waals surface area (Å²) < 4.78 is 2.19. The van der Waals surface area contributed by atoms with Gasteiger partial charge in [-0.25, -0.2) is 4.98 Å². The predicted octanol–water partition coefficient (Wildman–Crippen LogP) is 4.06. The number of carboxylic acid groups (broad SMARTS) is 1. The summed E-state index contributed by atoms with van der Waals surface area (Å²) in [6, 6.07) is 6.22. The van der Waals surface area contributed by atoms with Crippen LogP contribution in [0.15, 0.2) is 23.4 Å². The summed E-state index contributed by atoms with van der Waals surface area (Å²) in [6.45, 7) is 8.57. The van der Waals surface area contributed by atoms with E-state index in [9.17, 15) is 4.79 Å². The number of imidazole rings is 1. The van der Waals surface area contributed by atoms with Crippen LogP contribution in [0.3, 0.4) is 0 Å². The van der Waals surface area contributed by atoms with Crippen LogP contribution in [0.2, 0.25) is 0 Å². The van der Waals surface area contributed by atoms with Gasteiger partial charge in [0.15, 0.2) is 5.16 Å². The number of fused-ring (bicyclic) bond motifs is 1. The third-order valence-corrected chi connectivity index (χ3v) is 4.49. The van der Waals surface area contributed by atoms with E-state index in [1.165, 1.54) is 11.8 Å². The van der Waals surface area contributed by atoms with Crippen molar-refractivity contribution < 1.29 is 9.90 Å². The molecule has 1 heterocycles. The van der Waals surface area contributed by atoms with Gasteiger partial charge in [-0.1, -0.05) is 31.2 Å². The van der Waals surface area contributed by atoms with Crippen molar-refractivity contribution in [2.75, 3.05) is 5.75 Å². The molecule has 0 bridgehead atoms. The molecule has 0 saturated heterocycles. The number of aromatic nitrogens is 2. The molecule has 0 unspecified atom stereocenters. The molecule has 0 fully saturated rings. The van der Waals surface area contributed by atoms with E-state index in [0.717, 1.165) is 34.6 Å². The molecule has 114 valence electrons. The second-order valence-corrected chi connectivity index (χ2v) is 6.91. The van der Waals surface area contributed by atoms with Crippen LogP contribution in [0.4, 0.5) is 0 Å². The average Bonchev–Trinajstić information content (AvgIpc) is 2.74. The monoisotopic (exact) mass is 306 g/mol. The van der Waals surface area contributed by atoms with Crippen LogP contribution in [0.5, 0.6) is 0 Å². The van der Waals surface area contributed by atoms with Gasteiger partial charge in [-0.05, 0) is 44.9 Å². The Hall–Kier alpha value is -1.49. The molecule has 1 aromatic heterocycles. The molecule has 0 amide bonds. The number of carboxylic acids is 1. The van der Waals surface area contributed by atoms with Gasteiger partial charge in [0, 0.05) is 5.54 Å². The standard InChI is InChI=1S/C16H22N2O2S/c1-5-8-16(3,4)18-13-7-6-11(2)9-12(13)17-15(18)21-10-14(19)20/h6-7,9H,5,8,10H2,1-4H3,(H,19,20). The highest BCUT2D eigenvalue weighted by molar-refractivity contribution is 7.99. The zero-order chi connectivity index (χ0) is 15.6. The van der Waals surface area contributed by atoms with Gasteiger partial charge in [0.1, 0.15) is 0 Å². The van der Waals surface area contributed by atoms with Crippen molar-refractivity contribution in [1.29, 1.82) is 0 Å². The van der Waals surface area contributed by atoms with E-state index in [-0.39, 0.29) is 11.3 Å². The molecular weight excluding hydrogens is 284 g/mol. The number of rotatable bonds is 6. The summed E-state index contributed by atoms with van der Waals surface area (Å²) in [5.41, 5.74) is 3.09. The summed E-state index contributed by atoms with van der Waals surface area (Å²) in [6.07, 6.45) is 2.09. The fourth-order valence-corrected chi connectivity index (χ4v) is 3.59. The molecule has 4 nitrogen and oxygen atoms in total. The number of benzene rings is 1. The highest BCUT2D eigenvalue weighted by Crippen LogP contribution is 2.33. The molecule has 0 spiro atoms. The molecular formula is C16H22N2O2S. The molecule has 1 aromatic carbocycles. The van der Waals surface area contributed by atoms with Crippen molar-refractivity contribution in [3.8, 4) is 0 Å². The number of hydrogen-bond donors (Lipinski definition) is 1. The largest absolute Gasteiger partial charge is 0.481 e. The minimum atomic E-state index is -0.817. The van der Waals surface area contributed by atoms with Gasteiger partial charge in [-0.15, -0.1) is 0 Å². The number of hydrogen-bond acceptors (Lipinski definition) is 3. The van der Waals surface area contributed by atoms with Crippen LogP contribution in [0.25, 0.3) is 11.0 Å². The second kappa shape index (κ2) is 6.10. The third kappa shape index (κ3) is 3.40. The smallest absolute Gasteiger partial charge is 0.313 e. The van der Waals surface area contributed by atoms with Gasteiger partial charge in [0.2, 0.25) is 0 Å². The van der Waals surface area contributed by atoms with Gasteiger partial charge in [0.05, 0.1) is 16.8 Å². The molecule has 0 aliphatic carbocycles. The fraction of sp³-hybridized carbons (Fsp3) is 0.500. The highest BCUT2D eigenvalue weighted by atomic mass is 32.2. The highest BCUT2D eigenvalue weighted by Gasteiger charge is 2.25. The fourth-order valence-electron chi connectivity index (χ4n) is 2.70. The Morgan fingerprint density at radius 2 is 2.14 bits per heavy atom. The van der Waals surface area contributed by atoms with E-state index in [1.807, 2.05) is 6.92 Å². The zero-order valence-corrected chi connectivity index (χ0v) is 13.8. The Bertz CT molecular complexity index is 662. The maximum absolute atomic E-state index is 10.9. The van der Waals surface area contributed by atoms with Crippen LogP contribution < -0.4 is 0 Å². The Kier molecular flexibility index (Phi) is 4.61. The van der Waals surface area contributed by atoms with E-state index >= 15 is 0 Å². The Labute approximate surface area is 129 Å². The lowest BCUT2D eigenvalue weighted by molar-refractivity contribution is -0.133. The Morgan fingerprint density at radius 3 is 2.76 bits per heavy atom. The Morgan fingerprint density at radius 1 is 1.43 bits per heavy atom. The van der Waals surface area contributed by atoms with Crippen molar-refractivity contribution in [2.45, 2.75) is 51.2 Å². The molecule has 0 saturated carbocycles. The third-order valence-electron chi connectivity index (χ3n) is 3.57. The topological polar surface area (TPSA) is 55.1 Å². The van der Waals surface area contributed by atoms with Gasteiger partial charge in [0.25, 0.3) is 0 Å². The number of carbonyl (C=O) groups is 1. The molecule has 0 aliphatic heterocycles. The van der Waals surface area contributed by atoms with E-state index in [2.05, 4.69) is 48.5 Å². The SMILES string of the molecule is CCCC(C)(C)n1c(SCC(=O)O)nc2cc(C)ccc21.